The Morgan fingerprint density at radius 1 is 1.00 bits per heavy atom. The number of nitrogens with one attached hydrogen (secondary N) is 1. The summed E-state index contributed by atoms with van der Waals surface area (Å²) in [6, 6.07) is 7.03. The van der Waals surface area contributed by atoms with Gasteiger partial charge in [0.25, 0.3) is 0 Å². The molecule has 0 aliphatic rings. The van der Waals surface area contributed by atoms with Crippen LogP contribution in [0.4, 0.5) is 27.6 Å². The Kier molecular flexibility index (Phi) is 6.60. The van der Waals surface area contributed by atoms with Crippen LogP contribution in [0, 0.1) is 29.1 Å². The molecule has 1 amide bonds. The van der Waals surface area contributed by atoms with Crippen LogP contribution in [0.5, 0.6) is 0 Å². The molecule has 2 aromatic rings. The first-order valence-electron chi connectivity index (χ1n) is 7.38. The number of amides is 1. The number of rotatable bonds is 6. The van der Waals surface area contributed by atoms with Gasteiger partial charge >= 0.3 is 0 Å². The molecule has 0 saturated heterocycles. The summed E-state index contributed by atoms with van der Waals surface area (Å²) < 4.78 is 66.9. The van der Waals surface area contributed by atoms with Gasteiger partial charge in [0.15, 0.2) is 23.3 Å². The van der Waals surface area contributed by atoms with Crippen LogP contribution in [0.25, 0.3) is 0 Å². The average molecular weight is 390 g/mol. The van der Waals surface area contributed by atoms with Gasteiger partial charge in [-0.05, 0) is 25.4 Å². The van der Waals surface area contributed by atoms with Crippen molar-refractivity contribution in [3.05, 3.63) is 58.9 Å². The molecule has 0 fully saturated rings. The molecule has 0 spiro atoms. The van der Waals surface area contributed by atoms with Crippen LogP contribution in [-0.2, 0) is 11.3 Å². The topological polar surface area (TPSA) is 32.3 Å². The molecular weight excluding hydrogens is 375 g/mol. The lowest BCUT2D eigenvalue weighted by molar-refractivity contribution is -0.117. The zero-order chi connectivity index (χ0) is 19.4. The first-order chi connectivity index (χ1) is 12.3. The smallest absolute Gasteiger partial charge is 0.238 e. The molecule has 140 valence electrons. The molecule has 0 aromatic heterocycles. The van der Waals surface area contributed by atoms with E-state index in [1.54, 1.807) is 24.3 Å². The van der Waals surface area contributed by atoms with E-state index in [1.807, 2.05) is 6.26 Å². The maximum atomic E-state index is 13.7. The number of thioether (sulfide) groups is 1. The zero-order valence-corrected chi connectivity index (χ0v) is 14.7. The zero-order valence-electron chi connectivity index (χ0n) is 13.9. The Morgan fingerprint density at radius 2 is 1.54 bits per heavy atom. The van der Waals surface area contributed by atoms with E-state index in [4.69, 9.17) is 0 Å². The van der Waals surface area contributed by atoms with Crippen molar-refractivity contribution in [2.75, 3.05) is 25.2 Å². The second-order valence-electron chi connectivity index (χ2n) is 5.47. The average Bonchev–Trinajstić information content (AvgIpc) is 2.62. The van der Waals surface area contributed by atoms with Crippen molar-refractivity contribution in [3.8, 4) is 0 Å². The Morgan fingerprint density at radius 3 is 2.12 bits per heavy atom. The van der Waals surface area contributed by atoms with Gasteiger partial charge in [0.05, 0.1) is 12.2 Å². The van der Waals surface area contributed by atoms with E-state index in [0.717, 1.165) is 9.80 Å². The molecule has 2 rings (SSSR count). The van der Waals surface area contributed by atoms with Crippen molar-refractivity contribution >= 4 is 23.4 Å². The first-order valence-corrected chi connectivity index (χ1v) is 8.60. The highest BCUT2D eigenvalue weighted by Crippen LogP contribution is 2.25. The van der Waals surface area contributed by atoms with E-state index in [2.05, 4.69) is 5.32 Å². The Labute approximate surface area is 151 Å². The Hall–Kier alpha value is -2.13. The van der Waals surface area contributed by atoms with Gasteiger partial charge < -0.3 is 5.32 Å². The van der Waals surface area contributed by atoms with Crippen molar-refractivity contribution in [1.82, 2.24) is 4.90 Å². The maximum absolute atomic E-state index is 13.7. The van der Waals surface area contributed by atoms with Crippen LogP contribution < -0.4 is 5.32 Å². The third-order valence-corrected chi connectivity index (χ3v) is 4.32. The van der Waals surface area contributed by atoms with Crippen LogP contribution >= 0.6 is 11.8 Å². The van der Waals surface area contributed by atoms with Gasteiger partial charge in [-0.1, -0.05) is 12.1 Å². The molecule has 0 unspecified atom stereocenters. The summed E-state index contributed by atoms with van der Waals surface area (Å²) in [6.07, 6.45) is 1.83. The second-order valence-corrected chi connectivity index (χ2v) is 6.32. The van der Waals surface area contributed by atoms with Crippen molar-refractivity contribution in [1.29, 1.82) is 0 Å². The highest BCUT2D eigenvalue weighted by atomic mass is 32.2. The molecular formula is C17H15F5N2OS. The largest absolute Gasteiger partial charge is 0.324 e. The number of carbonyl (C=O) groups is 1. The molecule has 0 aliphatic heterocycles. The Balaban J connectivity index is 2.10. The molecule has 1 N–H and O–H groups in total. The van der Waals surface area contributed by atoms with Crippen LogP contribution in [0.15, 0.2) is 29.2 Å². The molecule has 3 nitrogen and oxygen atoms in total. The SMILES string of the molecule is CSc1ccccc1NC(=O)CN(C)Cc1c(F)c(F)c(F)c(F)c1F. The minimum Gasteiger partial charge on any atom is -0.324 e. The lowest BCUT2D eigenvalue weighted by Crippen LogP contribution is -2.31. The number of para-hydroxylation sites is 1. The van der Waals surface area contributed by atoms with Gasteiger partial charge in [0, 0.05) is 17.0 Å². The quantitative estimate of drug-likeness (QED) is 0.348. The first kappa shape index (κ1) is 20.2. The van der Waals surface area contributed by atoms with Gasteiger partial charge in [-0.3, -0.25) is 9.69 Å². The summed E-state index contributed by atoms with van der Waals surface area (Å²) in [6.45, 7) is -0.925. The van der Waals surface area contributed by atoms with Crippen molar-refractivity contribution in [3.63, 3.8) is 0 Å². The number of anilines is 1. The van der Waals surface area contributed by atoms with Crippen LogP contribution in [0.3, 0.4) is 0 Å². The fraction of sp³-hybridized carbons (Fsp3) is 0.235. The van der Waals surface area contributed by atoms with E-state index in [1.165, 1.54) is 18.8 Å². The molecule has 0 aliphatic carbocycles. The summed E-state index contributed by atoms with van der Waals surface area (Å²) in [5, 5.41) is 2.64. The summed E-state index contributed by atoms with van der Waals surface area (Å²) in [5.41, 5.74) is -0.421. The highest BCUT2D eigenvalue weighted by Gasteiger charge is 2.26. The van der Waals surface area contributed by atoms with Gasteiger partial charge in [-0.25, -0.2) is 22.0 Å². The van der Waals surface area contributed by atoms with Gasteiger partial charge in [0.2, 0.25) is 11.7 Å². The maximum Gasteiger partial charge on any atom is 0.238 e. The molecule has 9 heteroatoms. The number of carbonyl (C=O) groups excluding carboxylic acids is 1. The standard InChI is InChI=1S/C17H15F5N2OS/c1-24(7-9-13(18)15(20)17(22)16(21)14(9)19)8-12(25)23-10-5-3-4-6-11(10)26-2/h3-6H,7-8H2,1-2H3,(H,23,25). The second kappa shape index (κ2) is 8.50. The van der Waals surface area contributed by atoms with E-state index in [9.17, 15) is 26.7 Å². The summed E-state index contributed by atoms with van der Waals surface area (Å²) >= 11 is 1.42. The van der Waals surface area contributed by atoms with Crippen molar-refractivity contribution in [2.24, 2.45) is 0 Å². The summed E-state index contributed by atoms with van der Waals surface area (Å²) in [7, 11) is 1.33. The number of likely N-dealkylation sites (N-methyl/N-ethyl adjacent to an activating group) is 1. The normalized spacial score (nSPS) is 11.1. The fourth-order valence-electron chi connectivity index (χ4n) is 2.30. The predicted molar refractivity (Wildman–Crippen MR) is 89.4 cm³/mol. The van der Waals surface area contributed by atoms with Crippen LogP contribution in [0.1, 0.15) is 5.56 Å². The molecule has 0 bridgehead atoms. The molecule has 0 heterocycles. The number of hydrogen-bond acceptors (Lipinski definition) is 3. The third kappa shape index (κ3) is 4.34. The van der Waals surface area contributed by atoms with E-state index in [-0.39, 0.29) is 6.54 Å². The monoisotopic (exact) mass is 390 g/mol. The van der Waals surface area contributed by atoms with Crippen LogP contribution in [0.2, 0.25) is 0 Å². The fourth-order valence-corrected chi connectivity index (χ4v) is 2.85. The lowest BCUT2D eigenvalue weighted by atomic mass is 10.1. The number of benzene rings is 2. The molecule has 0 saturated carbocycles. The predicted octanol–water partition coefficient (Wildman–Crippen LogP) is 4.17. The molecule has 26 heavy (non-hydrogen) atoms. The van der Waals surface area contributed by atoms with Gasteiger partial charge in [-0.15, -0.1) is 11.8 Å². The number of halogens is 5. The van der Waals surface area contributed by atoms with Crippen LogP contribution in [-0.4, -0.2) is 30.7 Å². The number of hydrogen-bond donors (Lipinski definition) is 1. The van der Waals surface area contributed by atoms with Gasteiger partial charge in [0.1, 0.15) is 0 Å². The summed E-state index contributed by atoms with van der Waals surface area (Å²) in [4.78, 5) is 14.1. The summed E-state index contributed by atoms with van der Waals surface area (Å²) in [5.74, 6) is -10.5. The third-order valence-electron chi connectivity index (χ3n) is 3.52. The van der Waals surface area contributed by atoms with E-state index < -0.39 is 47.1 Å². The van der Waals surface area contributed by atoms with E-state index in [0.29, 0.717) is 5.69 Å². The highest BCUT2D eigenvalue weighted by molar-refractivity contribution is 7.98. The molecule has 0 radical (unpaired) electrons. The van der Waals surface area contributed by atoms with Gasteiger partial charge in [-0.2, -0.15) is 0 Å². The molecule has 2 aromatic carbocycles. The van der Waals surface area contributed by atoms with E-state index >= 15 is 0 Å². The van der Waals surface area contributed by atoms with Crippen molar-refractivity contribution < 1.29 is 26.7 Å². The Bertz CT molecular complexity index is 802. The minimum atomic E-state index is -2.21. The minimum absolute atomic E-state index is 0.303. The molecule has 0 atom stereocenters. The van der Waals surface area contributed by atoms with Crippen molar-refractivity contribution in [2.45, 2.75) is 11.4 Å². The number of nitrogens with zero attached hydrogens (tertiary/aromatic N) is 1. The lowest BCUT2D eigenvalue weighted by Gasteiger charge is -2.18.